The molecule has 0 aromatic heterocycles. The Bertz CT molecular complexity index is 414. The number of methoxy groups -OCH3 is 1. The molecular formula is C13H18F2N2O. The van der Waals surface area contributed by atoms with Gasteiger partial charge in [-0.1, -0.05) is 0 Å². The van der Waals surface area contributed by atoms with Crippen LogP contribution in [0.15, 0.2) is 18.2 Å². The lowest BCUT2D eigenvalue weighted by Gasteiger charge is -2.27. The van der Waals surface area contributed by atoms with Gasteiger partial charge in [-0.25, -0.2) is 8.78 Å². The van der Waals surface area contributed by atoms with Crippen molar-refractivity contribution in [1.29, 1.82) is 0 Å². The normalized spacial score (nSPS) is 22.3. The van der Waals surface area contributed by atoms with Crippen LogP contribution in [0.1, 0.15) is 18.0 Å². The van der Waals surface area contributed by atoms with Crippen LogP contribution < -0.4 is 5.73 Å². The molecule has 2 N–H and O–H groups in total. The zero-order valence-corrected chi connectivity index (χ0v) is 10.4. The monoisotopic (exact) mass is 256 g/mol. The molecule has 0 spiro atoms. The SMILES string of the molecule is COC1CCN(C(CN)c2cc(F)ccc2F)C1. The van der Waals surface area contributed by atoms with Crippen LogP contribution in [-0.2, 0) is 4.74 Å². The fourth-order valence-corrected chi connectivity index (χ4v) is 2.47. The molecule has 2 rings (SSSR count). The van der Waals surface area contributed by atoms with Crippen molar-refractivity contribution in [3.8, 4) is 0 Å². The molecule has 1 fully saturated rings. The van der Waals surface area contributed by atoms with E-state index in [9.17, 15) is 8.78 Å². The Kier molecular flexibility index (Phi) is 4.27. The predicted molar refractivity (Wildman–Crippen MR) is 65.1 cm³/mol. The smallest absolute Gasteiger partial charge is 0.128 e. The molecule has 3 nitrogen and oxygen atoms in total. The summed E-state index contributed by atoms with van der Waals surface area (Å²) in [5.74, 6) is -0.847. The molecule has 18 heavy (non-hydrogen) atoms. The number of halogens is 2. The van der Waals surface area contributed by atoms with Crippen molar-refractivity contribution in [2.75, 3.05) is 26.7 Å². The summed E-state index contributed by atoms with van der Waals surface area (Å²) in [5, 5.41) is 0. The van der Waals surface area contributed by atoms with Crippen LogP contribution in [0.5, 0.6) is 0 Å². The number of benzene rings is 1. The summed E-state index contributed by atoms with van der Waals surface area (Å²) in [4.78, 5) is 2.05. The molecule has 2 atom stereocenters. The molecule has 1 heterocycles. The van der Waals surface area contributed by atoms with Crippen LogP contribution in [0.3, 0.4) is 0 Å². The molecule has 0 saturated carbocycles. The van der Waals surface area contributed by atoms with Crippen LogP contribution >= 0.6 is 0 Å². The summed E-state index contributed by atoms with van der Waals surface area (Å²) >= 11 is 0. The Morgan fingerprint density at radius 1 is 1.50 bits per heavy atom. The van der Waals surface area contributed by atoms with Crippen molar-refractivity contribution in [2.24, 2.45) is 5.73 Å². The third kappa shape index (κ3) is 2.68. The number of hydrogen-bond acceptors (Lipinski definition) is 3. The second kappa shape index (κ2) is 5.73. The minimum atomic E-state index is -0.438. The van der Waals surface area contributed by atoms with Gasteiger partial charge in [0.25, 0.3) is 0 Å². The highest BCUT2D eigenvalue weighted by atomic mass is 19.1. The highest BCUT2D eigenvalue weighted by molar-refractivity contribution is 5.23. The average Bonchev–Trinajstić information content (AvgIpc) is 2.83. The Morgan fingerprint density at radius 3 is 2.89 bits per heavy atom. The van der Waals surface area contributed by atoms with Crippen molar-refractivity contribution in [3.63, 3.8) is 0 Å². The molecule has 5 heteroatoms. The fourth-order valence-electron chi connectivity index (χ4n) is 2.47. The molecule has 100 valence electrons. The van der Waals surface area contributed by atoms with E-state index in [1.54, 1.807) is 7.11 Å². The van der Waals surface area contributed by atoms with E-state index in [0.29, 0.717) is 12.1 Å². The van der Waals surface area contributed by atoms with Crippen molar-refractivity contribution >= 4 is 0 Å². The van der Waals surface area contributed by atoms with E-state index >= 15 is 0 Å². The van der Waals surface area contributed by atoms with Gasteiger partial charge in [0.05, 0.1) is 12.1 Å². The summed E-state index contributed by atoms with van der Waals surface area (Å²) < 4.78 is 32.3. The van der Waals surface area contributed by atoms with Crippen molar-refractivity contribution in [1.82, 2.24) is 4.90 Å². The molecule has 1 aromatic carbocycles. The van der Waals surface area contributed by atoms with Gasteiger partial charge in [0, 0.05) is 32.3 Å². The quantitative estimate of drug-likeness (QED) is 0.891. The third-order valence-corrected chi connectivity index (χ3v) is 3.49. The Labute approximate surface area is 106 Å². The maximum atomic E-state index is 13.8. The van der Waals surface area contributed by atoms with E-state index in [-0.39, 0.29) is 18.7 Å². The molecule has 1 aromatic rings. The zero-order chi connectivity index (χ0) is 13.1. The summed E-state index contributed by atoms with van der Waals surface area (Å²) in [7, 11) is 1.66. The Balaban J connectivity index is 2.20. The number of nitrogens with two attached hydrogens (primary N) is 1. The van der Waals surface area contributed by atoms with Gasteiger partial charge < -0.3 is 10.5 Å². The maximum absolute atomic E-state index is 13.8. The molecule has 0 radical (unpaired) electrons. The van der Waals surface area contributed by atoms with Crippen LogP contribution in [0, 0.1) is 11.6 Å². The lowest BCUT2D eigenvalue weighted by Crippen LogP contribution is -2.33. The number of likely N-dealkylation sites (tertiary alicyclic amines) is 1. The van der Waals surface area contributed by atoms with E-state index in [1.165, 1.54) is 6.07 Å². The van der Waals surface area contributed by atoms with E-state index in [1.807, 2.05) is 4.90 Å². The number of nitrogens with zero attached hydrogens (tertiary/aromatic N) is 1. The average molecular weight is 256 g/mol. The van der Waals surface area contributed by atoms with Crippen LogP contribution in [0.25, 0.3) is 0 Å². The second-order valence-electron chi connectivity index (χ2n) is 4.56. The van der Waals surface area contributed by atoms with E-state index in [4.69, 9.17) is 10.5 Å². The van der Waals surface area contributed by atoms with E-state index in [0.717, 1.165) is 25.1 Å². The summed E-state index contributed by atoms with van der Waals surface area (Å²) in [6.07, 6.45) is 1.04. The first-order valence-electron chi connectivity index (χ1n) is 6.07. The molecule has 1 aliphatic heterocycles. The first-order chi connectivity index (χ1) is 8.65. The lowest BCUT2D eigenvalue weighted by molar-refractivity contribution is 0.101. The highest BCUT2D eigenvalue weighted by Gasteiger charge is 2.29. The Morgan fingerprint density at radius 2 is 2.28 bits per heavy atom. The summed E-state index contributed by atoms with van der Waals surface area (Å²) in [6, 6.07) is 3.21. The zero-order valence-electron chi connectivity index (χ0n) is 10.4. The van der Waals surface area contributed by atoms with Gasteiger partial charge >= 0.3 is 0 Å². The molecule has 0 amide bonds. The summed E-state index contributed by atoms with van der Waals surface area (Å²) in [5.41, 5.74) is 6.05. The van der Waals surface area contributed by atoms with Gasteiger partial charge in [0.15, 0.2) is 0 Å². The van der Waals surface area contributed by atoms with Gasteiger partial charge in [-0.15, -0.1) is 0 Å². The molecule has 0 aliphatic carbocycles. The number of ether oxygens (including phenoxy) is 1. The van der Waals surface area contributed by atoms with Crippen LogP contribution in [0.4, 0.5) is 8.78 Å². The lowest BCUT2D eigenvalue weighted by atomic mass is 10.0. The van der Waals surface area contributed by atoms with Crippen LogP contribution in [-0.4, -0.2) is 37.7 Å². The first-order valence-corrected chi connectivity index (χ1v) is 6.07. The van der Waals surface area contributed by atoms with E-state index < -0.39 is 11.6 Å². The van der Waals surface area contributed by atoms with Crippen molar-refractivity contribution in [3.05, 3.63) is 35.4 Å². The minimum absolute atomic E-state index is 0.149. The van der Waals surface area contributed by atoms with Crippen molar-refractivity contribution < 1.29 is 13.5 Å². The van der Waals surface area contributed by atoms with Crippen LogP contribution in [0.2, 0.25) is 0 Å². The van der Waals surface area contributed by atoms with Gasteiger partial charge in [-0.05, 0) is 24.6 Å². The number of rotatable bonds is 4. The minimum Gasteiger partial charge on any atom is -0.380 e. The molecule has 0 bridgehead atoms. The second-order valence-corrected chi connectivity index (χ2v) is 4.56. The topological polar surface area (TPSA) is 38.5 Å². The highest BCUT2D eigenvalue weighted by Crippen LogP contribution is 2.27. The molecule has 1 aliphatic rings. The fraction of sp³-hybridized carbons (Fsp3) is 0.538. The molecular weight excluding hydrogens is 238 g/mol. The van der Waals surface area contributed by atoms with Gasteiger partial charge in [-0.3, -0.25) is 4.90 Å². The summed E-state index contributed by atoms with van der Waals surface area (Å²) in [6.45, 7) is 1.75. The van der Waals surface area contributed by atoms with E-state index in [2.05, 4.69) is 0 Å². The maximum Gasteiger partial charge on any atom is 0.128 e. The van der Waals surface area contributed by atoms with Gasteiger partial charge in [0.1, 0.15) is 11.6 Å². The predicted octanol–water partition coefficient (Wildman–Crippen LogP) is 1.69. The van der Waals surface area contributed by atoms with Gasteiger partial charge in [0.2, 0.25) is 0 Å². The largest absolute Gasteiger partial charge is 0.380 e. The molecule has 1 saturated heterocycles. The Hall–Kier alpha value is -1.04. The van der Waals surface area contributed by atoms with Crippen molar-refractivity contribution in [2.45, 2.75) is 18.6 Å². The standard InChI is InChI=1S/C13H18F2N2O/c1-18-10-4-5-17(8-10)13(7-16)11-6-9(14)2-3-12(11)15/h2-3,6,10,13H,4-5,7-8,16H2,1H3. The third-order valence-electron chi connectivity index (χ3n) is 3.49. The molecule has 2 unspecified atom stereocenters. The first kappa shape index (κ1) is 13.4. The number of hydrogen-bond donors (Lipinski definition) is 1. The van der Waals surface area contributed by atoms with Gasteiger partial charge in [-0.2, -0.15) is 0 Å².